The Morgan fingerprint density at radius 3 is 2.94 bits per heavy atom. The first-order valence-electron chi connectivity index (χ1n) is 5.36. The van der Waals surface area contributed by atoms with Crippen LogP contribution in [0.5, 0.6) is 0 Å². The van der Waals surface area contributed by atoms with Crippen molar-refractivity contribution in [3.8, 4) is 0 Å². The van der Waals surface area contributed by atoms with Crippen LogP contribution in [0.4, 0.5) is 0 Å². The third kappa shape index (κ3) is 2.56. The van der Waals surface area contributed by atoms with E-state index in [1.165, 1.54) is 6.20 Å². The number of pyridine rings is 1. The second kappa shape index (κ2) is 5.05. The molecule has 0 radical (unpaired) electrons. The predicted octanol–water partition coefficient (Wildman–Crippen LogP) is 0.185. The summed E-state index contributed by atoms with van der Waals surface area (Å²) < 4.78 is 0. The number of rotatable bonds is 3. The van der Waals surface area contributed by atoms with E-state index in [0.717, 1.165) is 31.7 Å². The molecule has 1 saturated heterocycles. The van der Waals surface area contributed by atoms with Crippen LogP contribution in [-0.4, -0.2) is 47.1 Å². The first-order valence-corrected chi connectivity index (χ1v) is 5.36. The van der Waals surface area contributed by atoms with E-state index in [1.807, 2.05) is 0 Å². The molecule has 0 spiro atoms. The first-order chi connectivity index (χ1) is 7.77. The maximum Gasteiger partial charge on any atom is 0.337 e. The van der Waals surface area contributed by atoms with Gasteiger partial charge in [-0.05, 0) is 11.6 Å². The topological polar surface area (TPSA) is 65.5 Å². The summed E-state index contributed by atoms with van der Waals surface area (Å²) in [4.78, 5) is 17.1. The van der Waals surface area contributed by atoms with Gasteiger partial charge < -0.3 is 10.4 Å². The molecule has 1 aliphatic heterocycles. The highest BCUT2D eigenvalue weighted by Crippen LogP contribution is 2.10. The number of aromatic carboxylic acids is 1. The van der Waals surface area contributed by atoms with Crippen LogP contribution in [0.2, 0.25) is 0 Å². The lowest BCUT2D eigenvalue weighted by Gasteiger charge is -2.27. The van der Waals surface area contributed by atoms with E-state index in [4.69, 9.17) is 5.11 Å². The lowest BCUT2D eigenvalue weighted by molar-refractivity contribution is 0.0693. The van der Waals surface area contributed by atoms with Gasteiger partial charge in [-0.1, -0.05) is 0 Å². The van der Waals surface area contributed by atoms with Crippen LogP contribution in [0.15, 0.2) is 18.5 Å². The van der Waals surface area contributed by atoms with Crippen molar-refractivity contribution in [1.82, 2.24) is 15.2 Å². The zero-order chi connectivity index (χ0) is 11.4. The standard InChI is InChI=1S/C11H15N3O2/c15-11(16)10-7-13-2-1-9(10)8-14-5-3-12-4-6-14/h1-2,7,12H,3-6,8H2,(H,15,16). The van der Waals surface area contributed by atoms with E-state index in [-0.39, 0.29) is 0 Å². The van der Waals surface area contributed by atoms with Crippen molar-refractivity contribution < 1.29 is 9.90 Å². The van der Waals surface area contributed by atoms with Gasteiger partial charge >= 0.3 is 5.97 Å². The van der Waals surface area contributed by atoms with Crippen molar-refractivity contribution in [1.29, 1.82) is 0 Å². The number of piperazine rings is 1. The van der Waals surface area contributed by atoms with Crippen molar-refractivity contribution in [3.05, 3.63) is 29.6 Å². The fraction of sp³-hybridized carbons (Fsp3) is 0.455. The number of aromatic nitrogens is 1. The van der Waals surface area contributed by atoms with Crippen molar-refractivity contribution >= 4 is 5.97 Å². The molecule has 0 unspecified atom stereocenters. The van der Waals surface area contributed by atoms with Gasteiger partial charge in [0, 0.05) is 45.1 Å². The second-order valence-electron chi connectivity index (χ2n) is 3.86. The van der Waals surface area contributed by atoms with Gasteiger partial charge in [-0.15, -0.1) is 0 Å². The normalized spacial score (nSPS) is 17.2. The van der Waals surface area contributed by atoms with Crippen LogP contribution in [0.3, 0.4) is 0 Å². The van der Waals surface area contributed by atoms with Gasteiger partial charge in [-0.25, -0.2) is 4.79 Å². The highest BCUT2D eigenvalue weighted by Gasteiger charge is 2.14. The summed E-state index contributed by atoms with van der Waals surface area (Å²) in [5.74, 6) is -0.904. The van der Waals surface area contributed by atoms with E-state index < -0.39 is 5.97 Å². The minimum Gasteiger partial charge on any atom is -0.478 e. The van der Waals surface area contributed by atoms with Crippen LogP contribution in [0.1, 0.15) is 15.9 Å². The Morgan fingerprint density at radius 1 is 1.50 bits per heavy atom. The molecule has 0 bridgehead atoms. The van der Waals surface area contributed by atoms with Gasteiger partial charge in [-0.3, -0.25) is 9.88 Å². The summed E-state index contributed by atoms with van der Waals surface area (Å²) in [6.07, 6.45) is 3.06. The third-order valence-corrected chi connectivity index (χ3v) is 2.75. The van der Waals surface area contributed by atoms with Crippen molar-refractivity contribution in [2.75, 3.05) is 26.2 Å². The summed E-state index contributed by atoms with van der Waals surface area (Å²) in [7, 11) is 0. The highest BCUT2D eigenvalue weighted by molar-refractivity contribution is 5.88. The van der Waals surface area contributed by atoms with Crippen molar-refractivity contribution in [3.63, 3.8) is 0 Å². The molecule has 0 aromatic carbocycles. The van der Waals surface area contributed by atoms with E-state index in [9.17, 15) is 4.79 Å². The number of nitrogens with one attached hydrogen (secondary N) is 1. The van der Waals surface area contributed by atoms with Gasteiger partial charge in [0.05, 0.1) is 5.56 Å². The molecular weight excluding hydrogens is 206 g/mol. The molecule has 16 heavy (non-hydrogen) atoms. The molecule has 1 aromatic rings. The Morgan fingerprint density at radius 2 is 2.25 bits per heavy atom. The number of hydrogen-bond donors (Lipinski definition) is 2. The zero-order valence-electron chi connectivity index (χ0n) is 9.02. The molecular formula is C11H15N3O2. The van der Waals surface area contributed by atoms with Gasteiger partial charge in [0.1, 0.15) is 0 Å². The van der Waals surface area contributed by atoms with Gasteiger partial charge in [0.2, 0.25) is 0 Å². The van der Waals surface area contributed by atoms with Crippen LogP contribution in [0, 0.1) is 0 Å². The Hall–Kier alpha value is -1.46. The maximum atomic E-state index is 11.0. The number of carbonyl (C=O) groups is 1. The number of carboxylic acids is 1. The first kappa shape index (κ1) is 11.0. The largest absolute Gasteiger partial charge is 0.478 e. The zero-order valence-corrected chi connectivity index (χ0v) is 9.02. The van der Waals surface area contributed by atoms with Crippen LogP contribution in [-0.2, 0) is 6.54 Å². The molecule has 0 amide bonds. The highest BCUT2D eigenvalue weighted by atomic mass is 16.4. The summed E-state index contributed by atoms with van der Waals surface area (Å²) in [6, 6.07) is 1.78. The molecule has 86 valence electrons. The fourth-order valence-electron chi connectivity index (χ4n) is 1.86. The smallest absolute Gasteiger partial charge is 0.337 e. The number of carboxylic acid groups (broad SMARTS) is 1. The predicted molar refractivity (Wildman–Crippen MR) is 59.3 cm³/mol. The minimum absolute atomic E-state index is 0.307. The van der Waals surface area contributed by atoms with E-state index in [0.29, 0.717) is 12.1 Å². The Labute approximate surface area is 94.1 Å². The molecule has 1 aliphatic rings. The summed E-state index contributed by atoms with van der Waals surface area (Å²) >= 11 is 0. The van der Waals surface area contributed by atoms with E-state index in [1.54, 1.807) is 12.3 Å². The number of hydrogen-bond acceptors (Lipinski definition) is 4. The molecule has 5 nitrogen and oxygen atoms in total. The molecule has 2 heterocycles. The SMILES string of the molecule is O=C(O)c1cnccc1CN1CCNCC1. The van der Waals surface area contributed by atoms with Crippen LogP contribution in [0.25, 0.3) is 0 Å². The molecule has 2 rings (SSSR count). The van der Waals surface area contributed by atoms with Crippen LogP contribution >= 0.6 is 0 Å². The second-order valence-corrected chi connectivity index (χ2v) is 3.86. The van der Waals surface area contributed by atoms with Crippen molar-refractivity contribution in [2.45, 2.75) is 6.54 Å². The molecule has 5 heteroatoms. The maximum absolute atomic E-state index is 11.0. The molecule has 1 fully saturated rings. The Balaban J connectivity index is 2.10. The van der Waals surface area contributed by atoms with Gasteiger partial charge in [0.15, 0.2) is 0 Å². The fourth-order valence-corrected chi connectivity index (χ4v) is 1.86. The van der Waals surface area contributed by atoms with Crippen LogP contribution < -0.4 is 5.32 Å². The summed E-state index contributed by atoms with van der Waals surface area (Å²) in [5, 5.41) is 12.3. The lowest BCUT2D eigenvalue weighted by Crippen LogP contribution is -2.43. The molecule has 1 aromatic heterocycles. The van der Waals surface area contributed by atoms with Gasteiger partial charge in [-0.2, -0.15) is 0 Å². The Kier molecular flexibility index (Phi) is 3.48. The minimum atomic E-state index is -0.904. The Bertz CT molecular complexity index is 375. The molecule has 0 aliphatic carbocycles. The van der Waals surface area contributed by atoms with Crippen molar-refractivity contribution in [2.24, 2.45) is 0 Å². The van der Waals surface area contributed by atoms with E-state index in [2.05, 4.69) is 15.2 Å². The summed E-state index contributed by atoms with van der Waals surface area (Å²) in [5.41, 5.74) is 1.14. The molecule has 0 saturated carbocycles. The summed E-state index contributed by atoms with van der Waals surface area (Å²) in [6.45, 7) is 4.54. The average Bonchev–Trinajstić information content (AvgIpc) is 2.31. The lowest BCUT2D eigenvalue weighted by atomic mass is 10.1. The third-order valence-electron chi connectivity index (χ3n) is 2.75. The average molecular weight is 221 g/mol. The molecule has 0 atom stereocenters. The quantitative estimate of drug-likeness (QED) is 0.762. The van der Waals surface area contributed by atoms with E-state index >= 15 is 0 Å². The molecule has 2 N–H and O–H groups in total. The number of nitrogens with zero attached hydrogens (tertiary/aromatic N) is 2. The van der Waals surface area contributed by atoms with Gasteiger partial charge in [0.25, 0.3) is 0 Å². The monoisotopic (exact) mass is 221 g/mol.